The fourth-order valence-corrected chi connectivity index (χ4v) is 10.1. The summed E-state index contributed by atoms with van der Waals surface area (Å²) in [5.41, 5.74) is 4.31. The topological polar surface area (TPSA) is 132 Å². The van der Waals surface area contributed by atoms with Gasteiger partial charge in [0.2, 0.25) is 28.2 Å². The van der Waals surface area contributed by atoms with Crippen molar-refractivity contribution in [3.05, 3.63) is 215 Å². The fourth-order valence-electron chi connectivity index (χ4n) is 9.15. The van der Waals surface area contributed by atoms with Crippen molar-refractivity contribution in [2.75, 3.05) is 18.8 Å². The normalized spacial score (nSPS) is 17.1. The molecule has 6 aromatic carbocycles. The molecule has 0 spiro atoms. The second kappa shape index (κ2) is 23.4. The summed E-state index contributed by atoms with van der Waals surface area (Å²) in [4.78, 5) is 65.7. The van der Waals surface area contributed by atoms with Crippen molar-refractivity contribution in [3.8, 4) is 5.75 Å². The van der Waals surface area contributed by atoms with Crippen LogP contribution >= 0.6 is 25.3 Å². The Morgan fingerprint density at radius 1 is 0.687 bits per heavy atom. The molecule has 344 valence electrons. The largest absolute Gasteiger partial charge is 0.553 e. The number of allylic oxidation sites excluding steroid dienone is 1. The van der Waals surface area contributed by atoms with Crippen molar-refractivity contribution < 1.29 is 33.4 Å². The van der Waals surface area contributed by atoms with Gasteiger partial charge in [0.15, 0.2) is 0 Å². The minimum Gasteiger partial charge on any atom is -0.553 e. The van der Waals surface area contributed by atoms with E-state index in [4.69, 9.17) is 26.8 Å². The van der Waals surface area contributed by atoms with Crippen LogP contribution in [0.3, 0.4) is 0 Å². The van der Waals surface area contributed by atoms with E-state index in [1.165, 1.54) is 16.7 Å². The van der Waals surface area contributed by atoms with Crippen LogP contribution in [0.15, 0.2) is 176 Å². The zero-order valence-corrected chi connectivity index (χ0v) is 41.1. The van der Waals surface area contributed by atoms with Crippen LogP contribution in [0.4, 0.5) is 0 Å². The zero-order chi connectivity index (χ0) is 47.1. The number of thiol groups is 2. The lowest BCUT2D eigenvalue weighted by atomic mass is 9.63. The van der Waals surface area contributed by atoms with E-state index in [0.717, 1.165) is 0 Å². The molecule has 0 saturated carbocycles. The monoisotopic (exact) mass is 949 g/mol. The van der Waals surface area contributed by atoms with E-state index in [-0.39, 0.29) is 42.0 Å². The average Bonchev–Trinajstić information content (AvgIpc) is 3.38. The maximum Gasteiger partial charge on any atom is 0.342 e. The molecule has 0 bridgehead atoms. The highest BCUT2D eigenvalue weighted by Gasteiger charge is 2.50. The Balaban J connectivity index is 1.36. The van der Waals surface area contributed by atoms with Crippen LogP contribution in [0.25, 0.3) is 4.91 Å². The molecule has 1 aliphatic rings. The molecule has 0 aromatic heterocycles. The van der Waals surface area contributed by atoms with Gasteiger partial charge in [0, 0.05) is 33.7 Å². The molecule has 6 aromatic rings. The number of amides is 3. The van der Waals surface area contributed by atoms with Crippen LogP contribution in [0, 0.1) is 0 Å². The van der Waals surface area contributed by atoms with Gasteiger partial charge >= 0.3 is 5.97 Å². The molecule has 1 heterocycles. The lowest BCUT2D eigenvalue weighted by Crippen LogP contribution is -2.60. The molecule has 0 aliphatic carbocycles. The first-order valence-electron chi connectivity index (χ1n) is 22.4. The summed E-state index contributed by atoms with van der Waals surface area (Å²) in [6, 6.07) is 55.3. The van der Waals surface area contributed by atoms with Crippen molar-refractivity contribution in [2.24, 2.45) is 0 Å². The fraction of sp³-hybridized carbons (Fsp3) is 0.222. The third kappa shape index (κ3) is 11.1. The molecule has 13 heteroatoms. The second-order valence-electron chi connectivity index (χ2n) is 16.3. The molecule has 10 nitrogen and oxygen atoms in total. The number of hydrogen-bond acceptors (Lipinski definition) is 9. The Bertz CT molecular complexity index is 2490. The summed E-state index contributed by atoms with van der Waals surface area (Å²) in [6.45, 7) is -0.373. The maximum atomic E-state index is 15.0. The predicted molar refractivity (Wildman–Crippen MR) is 272 cm³/mol. The standard InChI is InChI=1S/C54H55N3O7S2Si/c58-47-35-43(37-65)62-63-49(60)32-18-34-55-52(61)51(57-48(59)36-56-47)54(41-25-12-4-13-26-41,42-27-14-5-15-28-42)45-30-16-29-44(50(45)64-67)46(66)31-17-33-53(38-19-6-1-7-20-38,39-21-8-2-9-22-39)40-23-10-3-11-24-40/h1-16,19-31,43,51,65-66H,17-18,32-37H2,67H3,(H,55,61)(H,56,58)(H,57,59). The third-order valence-electron chi connectivity index (χ3n) is 12.2. The summed E-state index contributed by atoms with van der Waals surface area (Å²) in [5, 5.41) is 8.68. The van der Waals surface area contributed by atoms with E-state index in [1.54, 1.807) is 0 Å². The predicted octanol–water partition coefficient (Wildman–Crippen LogP) is 7.44. The van der Waals surface area contributed by atoms with Gasteiger partial charge in [0.05, 0.1) is 24.8 Å². The molecule has 3 amide bonds. The number of hydrogen-bond donors (Lipinski definition) is 5. The second-order valence-corrected chi connectivity index (χ2v) is 17.5. The van der Waals surface area contributed by atoms with Gasteiger partial charge in [0.1, 0.15) is 17.9 Å². The molecular weight excluding hydrogens is 895 g/mol. The Morgan fingerprint density at radius 2 is 1.21 bits per heavy atom. The first-order chi connectivity index (χ1) is 32.7. The van der Waals surface area contributed by atoms with Crippen LogP contribution in [-0.2, 0) is 39.8 Å². The minimum atomic E-state index is -1.44. The van der Waals surface area contributed by atoms with Crippen LogP contribution in [0.5, 0.6) is 5.75 Å². The number of carbonyl (C=O) groups is 4. The van der Waals surface area contributed by atoms with Gasteiger partial charge in [-0.25, -0.2) is 4.79 Å². The van der Waals surface area contributed by atoms with Crippen molar-refractivity contribution in [1.82, 2.24) is 16.0 Å². The van der Waals surface area contributed by atoms with E-state index >= 15 is 4.79 Å². The molecule has 1 saturated heterocycles. The van der Waals surface area contributed by atoms with Crippen LogP contribution in [0.1, 0.15) is 71.0 Å². The van der Waals surface area contributed by atoms with Gasteiger partial charge in [-0.05, 0) is 47.1 Å². The van der Waals surface area contributed by atoms with E-state index in [1.807, 2.05) is 97.1 Å². The Labute approximate surface area is 406 Å². The quantitative estimate of drug-likeness (QED) is 0.0352. The smallest absolute Gasteiger partial charge is 0.342 e. The maximum absolute atomic E-state index is 15.0. The minimum absolute atomic E-state index is 0.0774. The van der Waals surface area contributed by atoms with Crippen molar-refractivity contribution in [3.63, 3.8) is 0 Å². The summed E-state index contributed by atoms with van der Waals surface area (Å²) in [7, 11) is 0.263. The molecule has 67 heavy (non-hydrogen) atoms. The summed E-state index contributed by atoms with van der Waals surface area (Å²) in [5.74, 6) is -1.73. The molecule has 2 atom stereocenters. The van der Waals surface area contributed by atoms with Gasteiger partial charge in [-0.2, -0.15) is 17.5 Å². The summed E-state index contributed by atoms with van der Waals surface area (Å²) in [6.07, 6.45) is 2.55. The van der Waals surface area contributed by atoms with Crippen molar-refractivity contribution in [1.29, 1.82) is 0 Å². The Morgan fingerprint density at radius 3 is 1.72 bits per heavy atom. The highest BCUT2D eigenvalue weighted by Crippen LogP contribution is 2.49. The number of rotatable bonds is 13. The average molecular weight is 950 g/mol. The molecule has 1 fully saturated rings. The van der Waals surface area contributed by atoms with E-state index in [0.29, 0.717) is 45.8 Å². The number of benzene rings is 6. The van der Waals surface area contributed by atoms with Crippen LogP contribution < -0.4 is 20.4 Å². The number of carbonyl (C=O) groups excluding carboxylic acids is 4. The number of nitrogens with one attached hydrogen (secondary N) is 3. The van der Waals surface area contributed by atoms with Crippen LogP contribution in [0.2, 0.25) is 0 Å². The van der Waals surface area contributed by atoms with Crippen LogP contribution in [-0.4, -0.2) is 65.2 Å². The molecule has 1 aliphatic heterocycles. The van der Waals surface area contributed by atoms with Crippen molar-refractivity contribution >= 4 is 64.3 Å². The van der Waals surface area contributed by atoms with Gasteiger partial charge < -0.3 is 20.4 Å². The lowest BCUT2D eigenvalue weighted by molar-refractivity contribution is -0.293. The van der Waals surface area contributed by atoms with Gasteiger partial charge in [-0.3, -0.25) is 19.3 Å². The lowest BCUT2D eigenvalue weighted by Gasteiger charge is -2.43. The molecular formula is C54H55N3O7S2Si. The Hall–Kier alpha value is -6.38. The molecule has 3 N–H and O–H groups in total. The summed E-state index contributed by atoms with van der Waals surface area (Å²) < 4.78 is 6.57. The highest BCUT2D eigenvalue weighted by molar-refractivity contribution is 7.90. The van der Waals surface area contributed by atoms with E-state index in [2.05, 4.69) is 107 Å². The molecule has 0 radical (unpaired) electrons. The number of para-hydroxylation sites is 1. The first kappa shape index (κ1) is 48.5. The highest BCUT2D eigenvalue weighted by atomic mass is 32.1. The van der Waals surface area contributed by atoms with E-state index < -0.39 is 53.2 Å². The van der Waals surface area contributed by atoms with Crippen molar-refractivity contribution in [2.45, 2.75) is 55.1 Å². The Kier molecular flexibility index (Phi) is 16.9. The molecule has 2 unspecified atom stereocenters. The van der Waals surface area contributed by atoms with Gasteiger partial charge in [-0.1, -0.05) is 176 Å². The zero-order valence-electron chi connectivity index (χ0n) is 37.3. The first-order valence-corrected chi connectivity index (χ1v) is 24.3. The molecule has 7 rings (SSSR count). The van der Waals surface area contributed by atoms with E-state index in [9.17, 15) is 14.4 Å². The van der Waals surface area contributed by atoms with Gasteiger partial charge in [-0.15, -0.1) is 12.6 Å². The summed E-state index contributed by atoms with van der Waals surface area (Å²) >= 11 is 9.45. The SMILES string of the molecule is O=C1CC(CS)OOC(=O)CCCNC(=O)C(C(c2ccccc2)(c2ccccc2)c2cccc(C(S)=CCCC(c3ccccc3)(c3ccccc3)c3ccccc3)c2O[SiH3])NC(=O)CN1. The third-order valence-corrected chi connectivity index (χ3v) is 13.5. The van der Waals surface area contributed by atoms with Gasteiger partial charge in [0.25, 0.3) is 0 Å².